The molecule has 12 heavy (non-hydrogen) atoms. The summed E-state index contributed by atoms with van der Waals surface area (Å²) in [5.74, 6) is 0.944. The van der Waals surface area contributed by atoms with Crippen LogP contribution in [0.1, 0.15) is 20.3 Å². The second-order valence-electron chi connectivity index (χ2n) is 2.69. The second kappa shape index (κ2) is 3.99. The van der Waals surface area contributed by atoms with Crippen molar-refractivity contribution in [3.63, 3.8) is 0 Å². The number of nitrogen functional groups attached to an aromatic ring is 1. The number of anilines is 2. The average Bonchev–Trinajstić information content (AvgIpc) is 2.43. The Labute approximate surface area is 72.8 Å². The SMILES string of the molecule is CCCNc1c(N)cnn1CC. The van der Waals surface area contributed by atoms with E-state index < -0.39 is 0 Å². The van der Waals surface area contributed by atoms with Crippen molar-refractivity contribution < 1.29 is 0 Å². The molecule has 1 heterocycles. The Balaban J connectivity index is 2.72. The van der Waals surface area contributed by atoms with Crippen LogP contribution in [-0.2, 0) is 6.54 Å². The lowest BCUT2D eigenvalue weighted by Gasteiger charge is -2.07. The fraction of sp³-hybridized carbons (Fsp3) is 0.625. The van der Waals surface area contributed by atoms with Gasteiger partial charge >= 0.3 is 0 Å². The molecule has 0 atom stereocenters. The van der Waals surface area contributed by atoms with Crippen LogP contribution in [0.5, 0.6) is 0 Å². The number of aryl methyl sites for hydroxylation is 1. The van der Waals surface area contributed by atoms with Crippen molar-refractivity contribution >= 4 is 11.5 Å². The summed E-state index contributed by atoms with van der Waals surface area (Å²) in [7, 11) is 0. The van der Waals surface area contributed by atoms with Gasteiger partial charge in [0, 0.05) is 13.1 Å². The van der Waals surface area contributed by atoms with Crippen LogP contribution in [0.25, 0.3) is 0 Å². The largest absolute Gasteiger partial charge is 0.394 e. The molecule has 0 amide bonds. The lowest BCUT2D eigenvalue weighted by Crippen LogP contribution is -2.08. The molecule has 0 radical (unpaired) electrons. The van der Waals surface area contributed by atoms with Gasteiger partial charge in [-0.2, -0.15) is 5.10 Å². The third-order valence-corrected chi connectivity index (χ3v) is 1.71. The zero-order valence-corrected chi connectivity index (χ0v) is 7.67. The normalized spacial score (nSPS) is 10.2. The van der Waals surface area contributed by atoms with Crippen molar-refractivity contribution in [1.82, 2.24) is 9.78 Å². The molecule has 0 aliphatic rings. The van der Waals surface area contributed by atoms with E-state index in [1.807, 2.05) is 11.6 Å². The van der Waals surface area contributed by atoms with Gasteiger partial charge in [-0.15, -0.1) is 0 Å². The van der Waals surface area contributed by atoms with Crippen molar-refractivity contribution in [2.75, 3.05) is 17.6 Å². The Bertz CT molecular complexity index is 241. The third kappa shape index (κ3) is 1.69. The van der Waals surface area contributed by atoms with Crippen molar-refractivity contribution in [3.05, 3.63) is 6.20 Å². The fourth-order valence-electron chi connectivity index (χ4n) is 1.08. The fourth-order valence-corrected chi connectivity index (χ4v) is 1.08. The number of nitrogens with zero attached hydrogens (tertiary/aromatic N) is 2. The lowest BCUT2D eigenvalue weighted by molar-refractivity contribution is 0.663. The van der Waals surface area contributed by atoms with Crippen molar-refractivity contribution in [2.45, 2.75) is 26.8 Å². The van der Waals surface area contributed by atoms with Gasteiger partial charge in [0.05, 0.1) is 11.9 Å². The maximum absolute atomic E-state index is 5.71. The maximum atomic E-state index is 5.71. The van der Waals surface area contributed by atoms with Gasteiger partial charge in [0.25, 0.3) is 0 Å². The first-order valence-corrected chi connectivity index (χ1v) is 4.34. The predicted octanol–water partition coefficient (Wildman–Crippen LogP) is 1.31. The molecule has 1 aromatic rings. The molecule has 0 aromatic carbocycles. The minimum atomic E-state index is 0.727. The van der Waals surface area contributed by atoms with Gasteiger partial charge in [0.15, 0.2) is 0 Å². The Morgan fingerprint density at radius 3 is 2.92 bits per heavy atom. The lowest BCUT2D eigenvalue weighted by atomic mass is 10.4. The number of hydrogen-bond acceptors (Lipinski definition) is 3. The molecule has 0 fully saturated rings. The first kappa shape index (κ1) is 8.90. The molecular weight excluding hydrogens is 152 g/mol. The topological polar surface area (TPSA) is 55.9 Å². The molecule has 4 heteroatoms. The van der Waals surface area contributed by atoms with Crippen LogP contribution in [0.4, 0.5) is 11.5 Å². The van der Waals surface area contributed by atoms with Gasteiger partial charge in [-0.25, -0.2) is 4.68 Å². The van der Waals surface area contributed by atoms with E-state index in [0.29, 0.717) is 0 Å². The van der Waals surface area contributed by atoms with Crippen LogP contribution in [0.3, 0.4) is 0 Å². The first-order chi connectivity index (χ1) is 5.79. The minimum absolute atomic E-state index is 0.727. The Morgan fingerprint density at radius 2 is 2.33 bits per heavy atom. The van der Waals surface area contributed by atoms with Gasteiger partial charge in [0.2, 0.25) is 0 Å². The number of rotatable bonds is 4. The summed E-state index contributed by atoms with van der Waals surface area (Å²) >= 11 is 0. The summed E-state index contributed by atoms with van der Waals surface area (Å²) in [6.07, 6.45) is 2.77. The van der Waals surface area contributed by atoms with E-state index in [1.54, 1.807) is 6.20 Å². The Hall–Kier alpha value is -1.19. The molecule has 0 bridgehead atoms. The number of aromatic nitrogens is 2. The summed E-state index contributed by atoms with van der Waals surface area (Å²) in [5, 5.41) is 7.35. The van der Waals surface area contributed by atoms with E-state index in [9.17, 15) is 0 Å². The Morgan fingerprint density at radius 1 is 1.58 bits per heavy atom. The molecule has 4 nitrogen and oxygen atoms in total. The van der Waals surface area contributed by atoms with E-state index >= 15 is 0 Å². The summed E-state index contributed by atoms with van der Waals surface area (Å²) in [4.78, 5) is 0. The van der Waals surface area contributed by atoms with E-state index in [1.165, 1.54) is 0 Å². The third-order valence-electron chi connectivity index (χ3n) is 1.71. The molecule has 1 rings (SSSR count). The smallest absolute Gasteiger partial charge is 0.147 e. The molecule has 0 aliphatic carbocycles. The van der Waals surface area contributed by atoms with Crippen LogP contribution < -0.4 is 11.1 Å². The van der Waals surface area contributed by atoms with E-state index in [-0.39, 0.29) is 0 Å². The highest BCUT2D eigenvalue weighted by Crippen LogP contribution is 2.16. The molecule has 0 aliphatic heterocycles. The summed E-state index contributed by atoms with van der Waals surface area (Å²) in [6.45, 7) is 5.96. The highest BCUT2D eigenvalue weighted by Gasteiger charge is 2.04. The highest BCUT2D eigenvalue weighted by molar-refractivity contribution is 5.60. The molecule has 1 aromatic heterocycles. The molecular formula is C8H16N4. The number of nitrogens with one attached hydrogen (secondary N) is 1. The van der Waals surface area contributed by atoms with Crippen molar-refractivity contribution in [3.8, 4) is 0 Å². The van der Waals surface area contributed by atoms with E-state index in [0.717, 1.165) is 31.0 Å². The zero-order chi connectivity index (χ0) is 8.97. The molecule has 0 unspecified atom stereocenters. The molecule has 3 N–H and O–H groups in total. The van der Waals surface area contributed by atoms with Crippen LogP contribution >= 0.6 is 0 Å². The van der Waals surface area contributed by atoms with Gasteiger partial charge in [-0.1, -0.05) is 6.92 Å². The van der Waals surface area contributed by atoms with E-state index in [4.69, 9.17) is 5.73 Å². The quantitative estimate of drug-likeness (QED) is 0.712. The summed E-state index contributed by atoms with van der Waals surface area (Å²) < 4.78 is 1.87. The molecule has 68 valence electrons. The van der Waals surface area contributed by atoms with E-state index in [2.05, 4.69) is 17.3 Å². The van der Waals surface area contributed by atoms with Crippen LogP contribution in [0.2, 0.25) is 0 Å². The summed E-state index contributed by atoms with van der Waals surface area (Å²) in [6, 6.07) is 0. The van der Waals surface area contributed by atoms with Gasteiger partial charge < -0.3 is 11.1 Å². The highest BCUT2D eigenvalue weighted by atomic mass is 15.3. The van der Waals surface area contributed by atoms with Crippen molar-refractivity contribution in [1.29, 1.82) is 0 Å². The summed E-state index contributed by atoms with van der Waals surface area (Å²) in [5.41, 5.74) is 6.44. The van der Waals surface area contributed by atoms with Crippen LogP contribution in [0.15, 0.2) is 6.20 Å². The first-order valence-electron chi connectivity index (χ1n) is 4.34. The standard InChI is InChI=1S/C8H16N4/c1-3-5-10-8-7(9)6-11-12(8)4-2/h6,10H,3-5,9H2,1-2H3. The number of nitrogens with two attached hydrogens (primary N) is 1. The van der Waals surface area contributed by atoms with Gasteiger partial charge in [-0.05, 0) is 13.3 Å². The van der Waals surface area contributed by atoms with Crippen LogP contribution in [-0.4, -0.2) is 16.3 Å². The van der Waals surface area contributed by atoms with Crippen LogP contribution in [0, 0.1) is 0 Å². The average molecular weight is 168 g/mol. The predicted molar refractivity (Wildman–Crippen MR) is 51.1 cm³/mol. The van der Waals surface area contributed by atoms with Crippen molar-refractivity contribution in [2.24, 2.45) is 0 Å². The zero-order valence-electron chi connectivity index (χ0n) is 7.67. The minimum Gasteiger partial charge on any atom is -0.394 e. The number of hydrogen-bond donors (Lipinski definition) is 2. The van der Waals surface area contributed by atoms with Gasteiger partial charge in [0.1, 0.15) is 5.82 Å². The maximum Gasteiger partial charge on any atom is 0.147 e. The molecule has 0 spiro atoms. The molecule has 0 saturated carbocycles. The monoisotopic (exact) mass is 168 g/mol. The second-order valence-corrected chi connectivity index (χ2v) is 2.69. The molecule has 0 saturated heterocycles. The van der Waals surface area contributed by atoms with Gasteiger partial charge in [-0.3, -0.25) is 0 Å². The Kier molecular flexibility index (Phi) is 2.96.